The minimum absolute atomic E-state index is 0.208. The fraction of sp³-hybridized carbons (Fsp3) is 0.526. The summed E-state index contributed by atoms with van der Waals surface area (Å²) in [7, 11) is 1.62. The van der Waals surface area contributed by atoms with E-state index in [-0.39, 0.29) is 24.8 Å². The third kappa shape index (κ3) is 10.4. The van der Waals surface area contributed by atoms with Gasteiger partial charge in [0.05, 0.1) is 12.1 Å². The van der Waals surface area contributed by atoms with Crippen LogP contribution in [0.2, 0.25) is 0 Å². The average Bonchev–Trinajstić information content (AvgIpc) is 2.74. The van der Waals surface area contributed by atoms with E-state index in [0.29, 0.717) is 19.4 Å². The van der Waals surface area contributed by atoms with Gasteiger partial charge in [0.1, 0.15) is 5.10 Å². The molecule has 0 saturated carbocycles. The first-order valence-electron chi connectivity index (χ1n) is 9.94. The van der Waals surface area contributed by atoms with Crippen molar-refractivity contribution >= 4 is 17.8 Å². The number of guanidine groups is 1. The zero-order chi connectivity index (χ0) is 23.2. The predicted octanol–water partition coefficient (Wildman–Crippen LogP) is -1.32. The van der Waals surface area contributed by atoms with Gasteiger partial charge in [-0.15, -0.1) is 0 Å². The molecule has 12 nitrogen and oxygen atoms in total. The molecule has 3 atom stereocenters. The van der Waals surface area contributed by atoms with Gasteiger partial charge in [-0.05, 0) is 38.8 Å². The standard InChI is InChI=1S/C19H31N7O5/c1-13(21-2)17(28)24-15(9-6-11-23-19(20)25-26(30)31)16(27)18(29)22-12-10-14-7-4-3-5-8-14/h3-5,7-8,13,15-16,21,27H,6,9-12H2,1-2H3,(H,22,29)(H,24,28)(H3,20,23,25)/t13-,15-,16?/m0/s1. The Morgan fingerprint density at radius 3 is 2.48 bits per heavy atom. The number of benzene rings is 1. The van der Waals surface area contributed by atoms with E-state index in [4.69, 9.17) is 5.73 Å². The Bertz CT molecular complexity index is 744. The molecule has 0 radical (unpaired) electrons. The zero-order valence-electron chi connectivity index (χ0n) is 17.7. The van der Waals surface area contributed by atoms with E-state index in [1.807, 2.05) is 30.3 Å². The van der Waals surface area contributed by atoms with Crippen LogP contribution in [0, 0.1) is 10.1 Å². The summed E-state index contributed by atoms with van der Waals surface area (Å²) >= 11 is 0. The maximum atomic E-state index is 12.4. The fourth-order valence-corrected chi connectivity index (χ4v) is 2.67. The van der Waals surface area contributed by atoms with Crippen molar-refractivity contribution in [2.75, 3.05) is 20.1 Å². The Morgan fingerprint density at radius 1 is 1.19 bits per heavy atom. The summed E-state index contributed by atoms with van der Waals surface area (Å²) in [4.78, 5) is 34.9. The molecule has 0 aliphatic rings. The number of aliphatic hydroxyl groups excluding tert-OH is 1. The molecule has 172 valence electrons. The van der Waals surface area contributed by atoms with Gasteiger partial charge in [-0.25, -0.2) is 10.1 Å². The van der Waals surface area contributed by atoms with E-state index in [2.05, 4.69) is 26.4 Å². The predicted molar refractivity (Wildman–Crippen MR) is 115 cm³/mol. The molecule has 0 spiro atoms. The Hall–Kier alpha value is -3.25. The molecule has 1 aromatic rings. The lowest BCUT2D eigenvalue weighted by Crippen LogP contribution is -2.54. The first-order valence-corrected chi connectivity index (χ1v) is 9.94. The lowest BCUT2D eigenvalue weighted by atomic mass is 10.0. The van der Waals surface area contributed by atoms with Crippen LogP contribution in [0.5, 0.6) is 0 Å². The van der Waals surface area contributed by atoms with Gasteiger partial charge >= 0.3 is 0 Å². The molecule has 0 saturated heterocycles. The van der Waals surface area contributed by atoms with E-state index in [9.17, 15) is 24.8 Å². The van der Waals surface area contributed by atoms with Crippen LogP contribution in [0.1, 0.15) is 25.3 Å². The van der Waals surface area contributed by atoms with Gasteiger partial charge in [0.2, 0.25) is 5.91 Å². The molecule has 0 aliphatic heterocycles. The number of hydrogen-bond acceptors (Lipinski definition) is 6. The topological polar surface area (TPSA) is 184 Å². The van der Waals surface area contributed by atoms with Gasteiger partial charge in [0, 0.05) is 13.1 Å². The number of likely N-dealkylation sites (N-methyl/N-ethyl adjacent to an activating group) is 1. The number of aliphatic hydroxyl groups is 1. The van der Waals surface area contributed by atoms with Crippen molar-refractivity contribution in [3.63, 3.8) is 0 Å². The summed E-state index contributed by atoms with van der Waals surface area (Å²) < 4.78 is 0. The van der Waals surface area contributed by atoms with E-state index in [1.54, 1.807) is 14.0 Å². The van der Waals surface area contributed by atoms with E-state index in [0.717, 1.165) is 5.56 Å². The highest BCUT2D eigenvalue weighted by molar-refractivity contribution is 5.85. The van der Waals surface area contributed by atoms with Gasteiger partial charge in [-0.1, -0.05) is 30.3 Å². The highest BCUT2D eigenvalue weighted by atomic mass is 16.7. The van der Waals surface area contributed by atoms with Gasteiger partial charge in [-0.3, -0.25) is 9.59 Å². The van der Waals surface area contributed by atoms with E-state index in [1.165, 1.54) is 0 Å². The number of nitrogens with two attached hydrogens (primary N) is 1. The first-order chi connectivity index (χ1) is 14.7. The van der Waals surface area contributed by atoms with Crippen molar-refractivity contribution in [3.8, 4) is 0 Å². The summed E-state index contributed by atoms with van der Waals surface area (Å²) in [6.45, 7) is 2.19. The van der Waals surface area contributed by atoms with Crippen LogP contribution >= 0.6 is 0 Å². The molecule has 31 heavy (non-hydrogen) atoms. The average molecular weight is 438 g/mol. The van der Waals surface area contributed by atoms with Gasteiger partial charge in [0.25, 0.3) is 11.9 Å². The molecule has 1 rings (SSSR count). The Balaban J connectivity index is 2.62. The number of nitrogens with one attached hydrogen (secondary N) is 4. The maximum absolute atomic E-state index is 12.4. The molecular formula is C19H31N7O5. The Morgan fingerprint density at radius 2 is 1.87 bits per heavy atom. The summed E-state index contributed by atoms with van der Waals surface area (Å²) in [5, 5.41) is 33.4. The minimum Gasteiger partial charge on any atom is -0.381 e. The van der Waals surface area contributed by atoms with Crippen LogP contribution in [-0.4, -0.2) is 66.2 Å². The Kier molecular flexibility index (Phi) is 11.5. The first kappa shape index (κ1) is 25.8. The molecule has 1 aromatic carbocycles. The quantitative estimate of drug-likeness (QED) is 0.0721. The second kappa shape index (κ2) is 13.9. The molecule has 0 aliphatic carbocycles. The van der Waals surface area contributed by atoms with Crippen LogP contribution in [0.4, 0.5) is 0 Å². The maximum Gasteiger partial charge on any atom is 0.266 e. The number of carbonyl (C=O) groups excluding carboxylic acids is 2. The third-order valence-corrected chi connectivity index (χ3v) is 4.55. The van der Waals surface area contributed by atoms with Crippen LogP contribution in [0.15, 0.2) is 35.4 Å². The van der Waals surface area contributed by atoms with Gasteiger partial charge < -0.3 is 32.1 Å². The van der Waals surface area contributed by atoms with Crippen molar-refractivity contribution < 1.29 is 19.7 Å². The molecule has 0 aromatic heterocycles. The third-order valence-electron chi connectivity index (χ3n) is 4.55. The highest BCUT2D eigenvalue weighted by Gasteiger charge is 2.28. The van der Waals surface area contributed by atoms with Crippen LogP contribution in [0.25, 0.3) is 0 Å². The highest BCUT2D eigenvalue weighted by Crippen LogP contribution is 2.05. The van der Waals surface area contributed by atoms with Gasteiger partial charge in [0.15, 0.2) is 11.1 Å². The van der Waals surface area contributed by atoms with Crippen molar-refractivity contribution in [2.45, 2.75) is 44.4 Å². The summed E-state index contributed by atoms with van der Waals surface area (Å²) in [5.74, 6) is -1.32. The normalized spacial score (nSPS) is 14.2. The van der Waals surface area contributed by atoms with Gasteiger partial charge in [-0.2, -0.15) is 0 Å². The molecule has 7 N–H and O–H groups in total. The molecule has 1 unspecified atom stereocenters. The smallest absolute Gasteiger partial charge is 0.266 e. The molecule has 12 heteroatoms. The van der Waals surface area contributed by atoms with Crippen molar-refractivity contribution in [1.82, 2.24) is 21.3 Å². The number of nitro groups is 1. The SMILES string of the molecule is CN[C@@H](C)C(=O)N[C@@H](CCCN/C(N)=N\[N+](=O)[O-])C(O)C(=O)NCCc1ccccc1. The number of rotatable bonds is 13. The van der Waals surface area contributed by atoms with Crippen molar-refractivity contribution in [1.29, 1.82) is 0 Å². The van der Waals surface area contributed by atoms with Crippen molar-refractivity contribution in [3.05, 3.63) is 46.0 Å². The fourth-order valence-electron chi connectivity index (χ4n) is 2.67. The molecule has 0 bridgehead atoms. The molecule has 0 fully saturated rings. The molecular weight excluding hydrogens is 406 g/mol. The summed E-state index contributed by atoms with van der Waals surface area (Å²) in [6, 6.07) is 8.20. The lowest BCUT2D eigenvalue weighted by Gasteiger charge is -2.25. The van der Waals surface area contributed by atoms with Crippen LogP contribution in [0.3, 0.4) is 0 Å². The minimum atomic E-state index is -1.46. The van der Waals surface area contributed by atoms with E-state index < -0.39 is 29.1 Å². The van der Waals surface area contributed by atoms with Crippen molar-refractivity contribution in [2.24, 2.45) is 10.8 Å². The monoisotopic (exact) mass is 437 g/mol. The van der Waals surface area contributed by atoms with Crippen LogP contribution in [-0.2, 0) is 16.0 Å². The number of carbonyl (C=O) groups is 2. The number of amides is 2. The summed E-state index contributed by atoms with van der Waals surface area (Å²) in [6.07, 6.45) is -0.268. The Labute approximate surface area is 180 Å². The number of hydrazone groups is 1. The molecule has 2 amide bonds. The number of hydrogen-bond donors (Lipinski definition) is 6. The van der Waals surface area contributed by atoms with Crippen LogP contribution < -0.4 is 27.0 Å². The number of nitrogens with zero attached hydrogens (tertiary/aromatic N) is 2. The second-order valence-corrected chi connectivity index (χ2v) is 6.89. The van der Waals surface area contributed by atoms with E-state index >= 15 is 0 Å². The second-order valence-electron chi connectivity index (χ2n) is 6.89. The zero-order valence-corrected chi connectivity index (χ0v) is 17.7. The molecule has 0 heterocycles. The summed E-state index contributed by atoms with van der Waals surface area (Å²) in [5.41, 5.74) is 6.39. The lowest BCUT2D eigenvalue weighted by molar-refractivity contribution is -0.485. The largest absolute Gasteiger partial charge is 0.381 e.